The molecule has 14 nitrogen and oxygen atoms in total. The Morgan fingerprint density at radius 2 is 0.872 bits per heavy atom. The lowest BCUT2D eigenvalue weighted by atomic mass is 10.3. The quantitative estimate of drug-likeness (QED) is 0.244. The van der Waals surface area contributed by atoms with Gasteiger partial charge in [-0.25, -0.2) is 0 Å². The van der Waals surface area contributed by atoms with Crippen LogP contribution in [0.2, 0.25) is 0 Å². The summed E-state index contributed by atoms with van der Waals surface area (Å²) in [4.78, 5) is 51.4. The number of rotatable bonds is 11. The largest absolute Gasteiger partial charge is 0.550 e. The first kappa shape index (κ1) is 34.9. The molecule has 0 amide bonds. The molecule has 14 heteroatoms. The summed E-state index contributed by atoms with van der Waals surface area (Å²) >= 11 is 0. The molecule has 39 heavy (non-hydrogen) atoms. The van der Waals surface area contributed by atoms with Gasteiger partial charge in [0.15, 0.2) is 0 Å². The molecule has 3 aliphatic rings. The van der Waals surface area contributed by atoms with E-state index in [1.165, 1.54) is 19.4 Å². The summed E-state index contributed by atoms with van der Waals surface area (Å²) in [5.74, 6) is -5.47. The first-order valence-electron chi connectivity index (χ1n) is 12.5. The minimum Gasteiger partial charge on any atom is -0.550 e. The zero-order valence-electron chi connectivity index (χ0n) is 23.2. The third kappa shape index (κ3) is 20.6. The van der Waals surface area contributed by atoms with E-state index < -0.39 is 49.6 Å². The summed E-state index contributed by atoms with van der Waals surface area (Å²) in [7, 11) is 6.27. The van der Waals surface area contributed by atoms with Crippen molar-refractivity contribution in [2.24, 2.45) is 0 Å². The van der Waals surface area contributed by atoms with E-state index in [0.717, 1.165) is 26.7 Å². The van der Waals surface area contributed by atoms with Crippen LogP contribution in [0.25, 0.3) is 0 Å². The van der Waals surface area contributed by atoms with E-state index in [9.17, 15) is 39.6 Å². The SMILES string of the molecule is CCCCN1C=CN(C)C1.CN1C=CN(CN2C=CN(C)C2)C1.O=C([O-])CCC(=O)[O-].O=C([O-])CCC(=O)[O-]. The lowest BCUT2D eigenvalue weighted by Gasteiger charge is -2.25. The molecule has 3 aliphatic heterocycles. The fourth-order valence-electron chi connectivity index (χ4n) is 3.10. The van der Waals surface area contributed by atoms with Crippen LogP contribution in [0.4, 0.5) is 0 Å². The van der Waals surface area contributed by atoms with Gasteiger partial charge in [0.2, 0.25) is 0 Å². The summed E-state index contributed by atoms with van der Waals surface area (Å²) < 4.78 is 0. The Morgan fingerprint density at radius 1 is 0.564 bits per heavy atom. The summed E-state index contributed by atoms with van der Waals surface area (Å²) in [5.41, 5.74) is 0. The predicted molar refractivity (Wildman–Crippen MR) is 134 cm³/mol. The van der Waals surface area contributed by atoms with E-state index in [1.807, 2.05) is 0 Å². The second kappa shape index (κ2) is 19.9. The number of unbranched alkanes of at least 4 members (excludes halogenated alkanes) is 1. The van der Waals surface area contributed by atoms with Crippen molar-refractivity contribution in [3.8, 4) is 0 Å². The molecule has 0 atom stereocenters. The highest BCUT2D eigenvalue weighted by Gasteiger charge is 2.14. The lowest BCUT2D eigenvalue weighted by molar-refractivity contribution is -0.315. The molecule has 0 spiro atoms. The number of aliphatic carboxylic acids is 4. The fourth-order valence-corrected chi connectivity index (χ4v) is 3.10. The monoisotopic (exact) mass is 552 g/mol. The molecule has 0 bridgehead atoms. The van der Waals surface area contributed by atoms with Crippen molar-refractivity contribution < 1.29 is 39.6 Å². The molecule has 0 N–H and O–H groups in total. The van der Waals surface area contributed by atoms with Crippen molar-refractivity contribution >= 4 is 23.9 Å². The third-order valence-electron chi connectivity index (χ3n) is 5.04. The number of hydrogen-bond acceptors (Lipinski definition) is 14. The molecule has 3 rings (SSSR count). The van der Waals surface area contributed by atoms with Crippen LogP contribution >= 0.6 is 0 Å². The molecular formula is C25H40N6O8-4. The lowest BCUT2D eigenvalue weighted by Crippen LogP contribution is -2.34. The van der Waals surface area contributed by atoms with E-state index in [2.05, 4.69) is 94.7 Å². The predicted octanol–water partition coefficient (Wildman–Crippen LogP) is -3.71. The maximum absolute atomic E-state index is 9.50. The Hall–Kier alpha value is -4.10. The van der Waals surface area contributed by atoms with E-state index in [-0.39, 0.29) is 0 Å². The van der Waals surface area contributed by atoms with Gasteiger partial charge in [-0.1, -0.05) is 13.3 Å². The molecule has 0 unspecified atom stereocenters. The standard InChI is InChI=1S/C9H16N4.C8H16N2.2C4H6O4/c1-10-3-5-12(7-10)9-13-6-4-11(2)8-13;1-3-4-5-10-7-6-9(2)8-10;2*5-3(6)1-2-4(7)8/h3-6H,7-9H2,1-2H3;6-7H,3-5,8H2,1-2H3;2*1-2H2,(H,5,6)(H,7,8)/p-4. The van der Waals surface area contributed by atoms with Crippen molar-refractivity contribution in [2.45, 2.75) is 45.4 Å². The van der Waals surface area contributed by atoms with Crippen molar-refractivity contribution in [1.82, 2.24) is 29.4 Å². The van der Waals surface area contributed by atoms with E-state index in [4.69, 9.17) is 0 Å². The van der Waals surface area contributed by atoms with Crippen molar-refractivity contribution in [3.63, 3.8) is 0 Å². The summed E-state index contributed by atoms with van der Waals surface area (Å²) in [6, 6.07) is 0. The minimum absolute atomic E-state index is 0.470. The fraction of sp³-hybridized carbons (Fsp3) is 0.600. The van der Waals surface area contributed by atoms with Crippen molar-refractivity contribution in [2.75, 3.05) is 54.4 Å². The highest BCUT2D eigenvalue weighted by atomic mass is 16.4. The zero-order chi connectivity index (χ0) is 29.8. The second-order valence-corrected chi connectivity index (χ2v) is 9.06. The molecule has 222 valence electrons. The zero-order valence-corrected chi connectivity index (χ0v) is 23.2. The van der Waals surface area contributed by atoms with Crippen molar-refractivity contribution in [3.05, 3.63) is 37.2 Å². The highest BCUT2D eigenvalue weighted by molar-refractivity contribution is 5.73. The summed E-state index contributed by atoms with van der Waals surface area (Å²) in [6.07, 6.45) is 13.5. The van der Waals surface area contributed by atoms with Crippen LogP contribution in [-0.4, -0.2) is 108 Å². The molecule has 0 radical (unpaired) electrons. The Morgan fingerprint density at radius 3 is 1.10 bits per heavy atom. The number of carboxylic acid groups (broad SMARTS) is 4. The third-order valence-corrected chi connectivity index (χ3v) is 5.04. The molecule has 0 aliphatic carbocycles. The molecule has 0 aromatic rings. The van der Waals surface area contributed by atoms with Crippen molar-refractivity contribution in [1.29, 1.82) is 0 Å². The van der Waals surface area contributed by atoms with E-state index in [0.29, 0.717) is 0 Å². The van der Waals surface area contributed by atoms with Gasteiger partial charge in [-0.05, 0) is 32.1 Å². The van der Waals surface area contributed by atoms with Crippen LogP contribution in [0.1, 0.15) is 45.4 Å². The topological polar surface area (TPSA) is 180 Å². The van der Waals surface area contributed by atoms with Gasteiger partial charge in [0.25, 0.3) is 0 Å². The Labute approximate surface area is 230 Å². The van der Waals surface area contributed by atoms with Crippen LogP contribution in [-0.2, 0) is 19.2 Å². The van der Waals surface area contributed by atoms with Gasteiger partial charge in [0, 0.05) is 88.8 Å². The Bertz CT molecular complexity index is 770. The van der Waals surface area contributed by atoms with Crippen LogP contribution < -0.4 is 20.4 Å². The van der Waals surface area contributed by atoms with Gasteiger partial charge < -0.3 is 69.0 Å². The van der Waals surface area contributed by atoms with E-state index >= 15 is 0 Å². The summed E-state index contributed by atoms with van der Waals surface area (Å²) in [5, 5.41) is 38.0. The molecule has 0 fully saturated rings. The highest BCUT2D eigenvalue weighted by Crippen LogP contribution is 2.09. The molecule has 0 aromatic heterocycles. The van der Waals surface area contributed by atoms with Gasteiger partial charge >= 0.3 is 0 Å². The summed E-state index contributed by atoms with van der Waals surface area (Å²) in [6.45, 7) is 7.46. The van der Waals surface area contributed by atoms with Gasteiger partial charge in [-0.15, -0.1) is 0 Å². The molecule has 0 saturated heterocycles. The van der Waals surface area contributed by atoms with Gasteiger partial charge in [-0.2, -0.15) is 0 Å². The number of carbonyl (C=O) groups excluding carboxylic acids is 4. The van der Waals surface area contributed by atoms with Gasteiger partial charge in [0.05, 0.1) is 26.7 Å². The normalized spacial score (nSPS) is 14.9. The van der Waals surface area contributed by atoms with Crippen LogP contribution in [0.5, 0.6) is 0 Å². The second-order valence-electron chi connectivity index (χ2n) is 9.06. The Balaban J connectivity index is 0.000000507. The van der Waals surface area contributed by atoms with Crippen LogP contribution in [0.3, 0.4) is 0 Å². The first-order chi connectivity index (χ1) is 18.3. The number of carboxylic acids is 4. The average molecular weight is 553 g/mol. The smallest absolute Gasteiger partial charge is 0.0927 e. The minimum atomic E-state index is -1.37. The van der Waals surface area contributed by atoms with Gasteiger partial charge in [-0.3, -0.25) is 0 Å². The average Bonchev–Trinajstić information content (AvgIpc) is 3.58. The molecular weight excluding hydrogens is 512 g/mol. The Kier molecular flexibility index (Phi) is 17.8. The van der Waals surface area contributed by atoms with Crippen LogP contribution in [0, 0.1) is 0 Å². The van der Waals surface area contributed by atoms with Gasteiger partial charge in [0.1, 0.15) is 0 Å². The number of hydrogen-bond donors (Lipinski definition) is 0. The molecule has 0 aromatic carbocycles. The number of nitrogens with zero attached hydrogens (tertiary/aromatic N) is 6. The first-order valence-corrected chi connectivity index (χ1v) is 12.5. The maximum atomic E-state index is 9.50. The van der Waals surface area contributed by atoms with E-state index in [1.54, 1.807) is 0 Å². The number of carbonyl (C=O) groups is 4. The molecule has 3 heterocycles. The van der Waals surface area contributed by atoms with Crippen LogP contribution in [0.15, 0.2) is 37.2 Å². The maximum Gasteiger partial charge on any atom is 0.0927 e. The molecule has 0 saturated carbocycles.